The zero-order valence-electron chi connectivity index (χ0n) is 17.4. The Balaban J connectivity index is 1.42. The SMILES string of the molecule is Cc1ccc(C(=O)N2CCN(C(=O)c3cccc(Oc4cccc(Cl)c4C#N)c3)CC2)o1. The predicted molar refractivity (Wildman–Crippen MR) is 118 cm³/mol. The molecular formula is C24H20ClN3O4. The molecule has 0 bridgehead atoms. The third kappa shape index (κ3) is 4.46. The van der Waals surface area contributed by atoms with Crippen LogP contribution in [0.4, 0.5) is 0 Å². The van der Waals surface area contributed by atoms with E-state index < -0.39 is 0 Å². The number of nitriles is 1. The lowest BCUT2D eigenvalue weighted by molar-refractivity contribution is 0.0517. The highest BCUT2D eigenvalue weighted by atomic mass is 35.5. The molecule has 162 valence electrons. The lowest BCUT2D eigenvalue weighted by Gasteiger charge is -2.34. The molecule has 32 heavy (non-hydrogen) atoms. The molecule has 1 aliphatic rings. The molecule has 1 aromatic heterocycles. The lowest BCUT2D eigenvalue weighted by atomic mass is 10.1. The van der Waals surface area contributed by atoms with Crippen LogP contribution in [0.5, 0.6) is 11.5 Å². The average molecular weight is 450 g/mol. The third-order valence-electron chi connectivity index (χ3n) is 5.20. The Kier molecular flexibility index (Phi) is 6.15. The molecule has 2 aromatic carbocycles. The van der Waals surface area contributed by atoms with E-state index in [2.05, 4.69) is 0 Å². The summed E-state index contributed by atoms with van der Waals surface area (Å²) in [4.78, 5) is 28.9. The number of furan rings is 1. The van der Waals surface area contributed by atoms with Crippen LogP contribution in [-0.4, -0.2) is 47.8 Å². The Morgan fingerprint density at radius 2 is 1.69 bits per heavy atom. The first-order chi connectivity index (χ1) is 15.5. The minimum Gasteiger partial charge on any atom is -0.456 e. The molecule has 0 unspecified atom stereocenters. The van der Waals surface area contributed by atoms with Gasteiger partial charge in [-0.05, 0) is 49.4 Å². The number of amides is 2. The first-order valence-electron chi connectivity index (χ1n) is 10.1. The van der Waals surface area contributed by atoms with Gasteiger partial charge in [-0.3, -0.25) is 9.59 Å². The number of hydrogen-bond donors (Lipinski definition) is 0. The number of piperazine rings is 1. The van der Waals surface area contributed by atoms with Crippen molar-refractivity contribution in [2.45, 2.75) is 6.92 Å². The van der Waals surface area contributed by atoms with Crippen LogP contribution in [0.3, 0.4) is 0 Å². The van der Waals surface area contributed by atoms with Crippen LogP contribution in [0.25, 0.3) is 0 Å². The molecular weight excluding hydrogens is 430 g/mol. The molecule has 3 aromatic rings. The summed E-state index contributed by atoms with van der Waals surface area (Å²) < 4.78 is 11.2. The van der Waals surface area contributed by atoms with Gasteiger partial charge in [-0.2, -0.15) is 5.26 Å². The van der Waals surface area contributed by atoms with E-state index in [1.807, 2.05) is 6.07 Å². The Morgan fingerprint density at radius 1 is 1.00 bits per heavy atom. The number of benzene rings is 2. The van der Waals surface area contributed by atoms with Crippen LogP contribution >= 0.6 is 11.6 Å². The number of rotatable bonds is 4. The van der Waals surface area contributed by atoms with E-state index in [4.69, 9.17) is 20.8 Å². The van der Waals surface area contributed by atoms with Gasteiger partial charge in [0.15, 0.2) is 5.76 Å². The average Bonchev–Trinajstić information content (AvgIpc) is 3.25. The van der Waals surface area contributed by atoms with Crippen molar-refractivity contribution < 1.29 is 18.7 Å². The molecule has 1 aliphatic heterocycles. The maximum absolute atomic E-state index is 13.0. The number of ether oxygens (including phenoxy) is 1. The van der Waals surface area contributed by atoms with Gasteiger partial charge in [0.25, 0.3) is 11.8 Å². The lowest BCUT2D eigenvalue weighted by Crippen LogP contribution is -2.50. The van der Waals surface area contributed by atoms with E-state index in [1.54, 1.807) is 71.3 Å². The van der Waals surface area contributed by atoms with Gasteiger partial charge in [0.2, 0.25) is 0 Å². The summed E-state index contributed by atoms with van der Waals surface area (Å²) in [7, 11) is 0. The highest BCUT2D eigenvalue weighted by molar-refractivity contribution is 6.31. The molecule has 0 radical (unpaired) electrons. The monoisotopic (exact) mass is 449 g/mol. The summed E-state index contributed by atoms with van der Waals surface area (Å²) in [5.74, 6) is 1.42. The fourth-order valence-corrected chi connectivity index (χ4v) is 3.73. The molecule has 8 heteroatoms. The molecule has 0 atom stereocenters. The fraction of sp³-hybridized carbons (Fsp3) is 0.208. The largest absolute Gasteiger partial charge is 0.456 e. The topological polar surface area (TPSA) is 86.8 Å². The van der Waals surface area contributed by atoms with Gasteiger partial charge in [0.05, 0.1) is 5.02 Å². The van der Waals surface area contributed by atoms with Crippen molar-refractivity contribution in [2.75, 3.05) is 26.2 Å². The molecule has 1 saturated heterocycles. The standard InChI is InChI=1S/C24H20ClN3O4/c1-16-8-9-22(31-16)24(30)28-12-10-27(11-13-28)23(29)17-4-2-5-18(14-17)32-21-7-3-6-20(25)19(21)15-26/h2-9,14H,10-13H2,1H3. The van der Waals surface area contributed by atoms with Gasteiger partial charge in [0.1, 0.15) is 28.9 Å². The van der Waals surface area contributed by atoms with Crippen LogP contribution in [-0.2, 0) is 0 Å². The summed E-state index contributed by atoms with van der Waals surface area (Å²) in [6.45, 7) is 3.48. The number of carbonyl (C=O) groups is 2. The van der Waals surface area contributed by atoms with E-state index in [1.165, 1.54) is 0 Å². The number of nitrogens with zero attached hydrogens (tertiary/aromatic N) is 3. The Labute approximate surface area is 190 Å². The number of carbonyl (C=O) groups excluding carboxylic acids is 2. The third-order valence-corrected chi connectivity index (χ3v) is 5.52. The molecule has 0 spiro atoms. The van der Waals surface area contributed by atoms with Crippen molar-refractivity contribution >= 4 is 23.4 Å². The van der Waals surface area contributed by atoms with Crippen molar-refractivity contribution in [3.05, 3.63) is 82.3 Å². The molecule has 2 amide bonds. The van der Waals surface area contributed by atoms with Crippen molar-refractivity contribution in [2.24, 2.45) is 0 Å². The van der Waals surface area contributed by atoms with Crippen LogP contribution in [0.15, 0.2) is 59.0 Å². The zero-order chi connectivity index (χ0) is 22.7. The molecule has 4 rings (SSSR count). The smallest absolute Gasteiger partial charge is 0.289 e. The molecule has 1 fully saturated rings. The molecule has 7 nitrogen and oxygen atoms in total. The van der Waals surface area contributed by atoms with Gasteiger partial charge >= 0.3 is 0 Å². The van der Waals surface area contributed by atoms with Gasteiger partial charge in [-0.15, -0.1) is 0 Å². The summed E-state index contributed by atoms with van der Waals surface area (Å²) >= 11 is 6.06. The highest BCUT2D eigenvalue weighted by Gasteiger charge is 2.27. The van der Waals surface area contributed by atoms with Gasteiger partial charge < -0.3 is 19.0 Å². The van der Waals surface area contributed by atoms with Gasteiger partial charge in [0, 0.05) is 31.7 Å². The van der Waals surface area contributed by atoms with Crippen LogP contribution < -0.4 is 4.74 Å². The summed E-state index contributed by atoms with van der Waals surface area (Å²) in [5.41, 5.74) is 0.697. The summed E-state index contributed by atoms with van der Waals surface area (Å²) in [6, 6.07) is 17.2. The van der Waals surface area contributed by atoms with Crippen molar-refractivity contribution in [1.29, 1.82) is 5.26 Å². The van der Waals surface area contributed by atoms with Crippen LogP contribution in [0.1, 0.15) is 32.2 Å². The van der Waals surface area contributed by atoms with E-state index in [0.29, 0.717) is 59.8 Å². The number of hydrogen-bond acceptors (Lipinski definition) is 5. The van der Waals surface area contributed by atoms with Crippen molar-refractivity contribution in [3.8, 4) is 17.6 Å². The second-order valence-electron chi connectivity index (χ2n) is 7.35. The van der Waals surface area contributed by atoms with Gasteiger partial charge in [-0.1, -0.05) is 23.7 Å². The summed E-state index contributed by atoms with van der Waals surface area (Å²) in [6.07, 6.45) is 0. The second-order valence-corrected chi connectivity index (χ2v) is 7.76. The minimum atomic E-state index is -0.171. The number of halogens is 1. The Morgan fingerprint density at radius 3 is 2.34 bits per heavy atom. The Bertz CT molecular complexity index is 1210. The first-order valence-corrected chi connectivity index (χ1v) is 10.5. The zero-order valence-corrected chi connectivity index (χ0v) is 18.1. The van der Waals surface area contributed by atoms with Crippen molar-refractivity contribution in [3.63, 3.8) is 0 Å². The quantitative estimate of drug-likeness (QED) is 0.585. The highest BCUT2D eigenvalue weighted by Crippen LogP contribution is 2.30. The maximum atomic E-state index is 13.0. The first kappa shape index (κ1) is 21.5. The van der Waals surface area contributed by atoms with Gasteiger partial charge in [-0.25, -0.2) is 0 Å². The van der Waals surface area contributed by atoms with Crippen molar-refractivity contribution in [1.82, 2.24) is 9.80 Å². The van der Waals surface area contributed by atoms with E-state index in [-0.39, 0.29) is 17.4 Å². The fourth-order valence-electron chi connectivity index (χ4n) is 3.52. The predicted octanol–water partition coefficient (Wildman–Crippen LogP) is 4.50. The normalized spacial score (nSPS) is 13.5. The second kappa shape index (κ2) is 9.16. The van der Waals surface area contributed by atoms with Crippen LogP contribution in [0, 0.1) is 18.3 Å². The molecule has 2 heterocycles. The van der Waals surface area contributed by atoms with Crippen LogP contribution in [0.2, 0.25) is 5.02 Å². The van der Waals surface area contributed by atoms with E-state index >= 15 is 0 Å². The summed E-state index contributed by atoms with van der Waals surface area (Å²) in [5, 5.41) is 9.62. The minimum absolute atomic E-state index is 0.150. The maximum Gasteiger partial charge on any atom is 0.289 e. The molecule has 0 aliphatic carbocycles. The number of aryl methyl sites for hydroxylation is 1. The molecule has 0 N–H and O–H groups in total. The van der Waals surface area contributed by atoms with E-state index in [0.717, 1.165) is 0 Å². The molecule has 0 saturated carbocycles. The Hall–Kier alpha value is -3.76. The van der Waals surface area contributed by atoms with E-state index in [9.17, 15) is 14.9 Å².